The first kappa shape index (κ1) is 16.9. The van der Waals surface area contributed by atoms with Gasteiger partial charge in [-0.05, 0) is 30.4 Å². The van der Waals surface area contributed by atoms with Crippen molar-refractivity contribution >= 4 is 22.8 Å². The summed E-state index contributed by atoms with van der Waals surface area (Å²) >= 11 is 0. The maximum atomic E-state index is 6.21. The second-order valence-electron chi connectivity index (χ2n) is 5.62. The van der Waals surface area contributed by atoms with Crippen LogP contribution in [0.5, 0.6) is 0 Å². The summed E-state index contributed by atoms with van der Waals surface area (Å²) in [4.78, 5) is 13.1. The number of hydrogen-bond donors (Lipinski definition) is 2. The molecule has 0 atom stereocenters. The third-order valence-corrected chi connectivity index (χ3v) is 3.90. The quantitative estimate of drug-likeness (QED) is 0.576. The molecule has 0 aliphatic heterocycles. The standard InChI is InChI=1S/C18H25N5/c1-4-7-8-11-13-12(9-5-2)15-14(10-6-3)21-18(20)23-17(15)22-16(13)19/h5-6H,2-4,7-11H2,1H3,(H4,19,20,21,22,23). The van der Waals surface area contributed by atoms with Gasteiger partial charge in [-0.1, -0.05) is 31.9 Å². The zero-order valence-electron chi connectivity index (χ0n) is 13.8. The Bertz CT molecular complexity index is 721. The van der Waals surface area contributed by atoms with Crippen LogP contribution in [0.1, 0.15) is 43.0 Å². The van der Waals surface area contributed by atoms with Crippen molar-refractivity contribution < 1.29 is 0 Å². The Kier molecular flexibility index (Phi) is 5.68. The van der Waals surface area contributed by atoms with Crippen molar-refractivity contribution in [1.29, 1.82) is 0 Å². The fourth-order valence-corrected chi connectivity index (χ4v) is 2.87. The van der Waals surface area contributed by atoms with Crippen LogP contribution in [0, 0.1) is 0 Å². The van der Waals surface area contributed by atoms with Gasteiger partial charge in [0.05, 0.1) is 5.69 Å². The lowest BCUT2D eigenvalue weighted by Gasteiger charge is -2.16. The third kappa shape index (κ3) is 3.67. The maximum absolute atomic E-state index is 6.21. The van der Waals surface area contributed by atoms with E-state index in [0.29, 0.717) is 24.3 Å². The molecule has 2 aromatic heterocycles. The largest absolute Gasteiger partial charge is 0.383 e. The molecule has 0 saturated carbocycles. The predicted molar refractivity (Wildman–Crippen MR) is 97.2 cm³/mol. The van der Waals surface area contributed by atoms with Gasteiger partial charge in [-0.15, -0.1) is 13.2 Å². The molecule has 4 N–H and O–H groups in total. The molecule has 0 saturated heterocycles. The van der Waals surface area contributed by atoms with E-state index in [4.69, 9.17) is 11.5 Å². The molecule has 2 aromatic rings. The zero-order valence-corrected chi connectivity index (χ0v) is 13.8. The van der Waals surface area contributed by atoms with E-state index in [1.165, 1.54) is 12.8 Å². The molecule has 0 amide bonds. The first-order valence-corrected chi connectivity index (χ1v) is 8.07. The van der Waals surface area contributed by atoms with Crippen molar-refractivity contribution in [2.24, 2.45) is 0 Å². The molecule has 122 valence electrons. The van der Waals surface area contributed by atoms with Crippen molar-refractivity contribution in [2.75, 3.05) is 11.5 Å². The molecule has 0 aliphatic carbocycles. The average molecular weight is 311 g/mol. The number of fused-ring (bicyclic) bond motifs is 1. The van der Waals surface area contributed by atoms with E-state index >= 15 is 0 Å². The highest BCUT2D eigenvalue weighted by Gasteiger charge is 2.17. The minimum Gasteiger partial charge on any atom is -0.383 e. The molecule has 0 fully saturated rings. The number of rotatable bonds is 8. The van der Waals surface area contributed by atoms with Crippen LogP contribution in [-0.4, -0.2) is 15.0 Å². The summed E-state index contributed by atoms with van der Waals surface area (Å²) in [5.41, 5.74) is 15.6. The van der Waals surface area contributed by atoms with Crippen LogP contribution in [0.4, 0.5) is 11.8 Å². The van der Waals surface area contributed by atoms with Crippen LogP contribution < -0.4 is 11.5 Å². The molecule has 5 heteroatoms. The predicted octanol–water partition coefficient (Wildman–Crippen LogP) is 3.38. The number of pyridine rings is 1. The summed E-state index contributed by atoms with van der Waals surface area (Å²) in [7, 11) is 0. The number of aromatic nitrogens is 3. The van der Waals surface area contributed by atoms with Crippen molar-refractivity contribution in [3.63, 3.8) is 0 Å². The van der Waals surface area contributed by atoms with Gasteiger partial charge in [0, 0.05) is 11.8 Å². The molecule has 0 spiro atoms. The normalized spacial score (nSPS) is 10.8. The van der Waals surface area contributed by atoms with Crippen LogP contribution in [0.3, 0.4) is 0 Å². The molecule has 0 bridgehead atoms. The Morgan fingerprint density at radius 3 is 2.35 bits per heavy atom. The van der Waals surface area contributed by atoms with Gasteiger partial charge in [-0.25, -0.2) is 9.97 Å². The van der Waals surface area contributed by atoms with Gasteiger partial charge in [-0.3, -0.25) is 0 Å². The lowest BCUT2D eigenvalue weighted by atomic mass is 9.95. The summed E-state index contributed by atoms with van der Waals surface area (Å²) in [6.07, 6.45) is 9.35. The summed E-state index contributed by atoms with van der Waals surface area (Å²) in [5, 5.41) is 0.944. The van der Waals surface area contributed by atoms with Crippen LogP contribution in [0.2, 0.25) is 0 Å². The van der Waals surface area contributed by atoms with Gasteiger partial charge in [0.1, 0.15) is 5.82 Å². The number of nitrogens with zero attached hydrogens (tertiary/aromatic N) is 3. The molecular formula is C18H25N5. The van der Waals surface area contributed by atoms with E-state index in [9.17, 15) is 0 Å². The molecule has 0 aliphatic rings. The highest BCUT2D eigenvalue weighted by Crippen LogP contribution is 2.29. The smallest absolute Gasteiger partial charge is 0.222 e. The highest BCUT2D eigenvalue weighted by molar-refractivity contribution is 5.86. The average Bonchev–Trinajstić information content (AvgIpc) is 2.50. The maximum Gasteiger partial charge on any atom is 0.222 e. The minimum absolute atomic E-state index is 0.213. The first-order chi connectivity index (χ1) is 11.1. The number of anilines is 2. The summed E-state index contributed by atoms with van der Waals surface area (Å²) < 4.78 is 0. The molecule has 23 heavy (non-hydrogen) atoms. The number of hydrogen-bond acceptors (Lipinski definition) is 5. The van der Waals surface area contributed by atoms with Crippen LogP contribution in [0.15, 0.2) is 25.3 Å². The first-order valence-electron chi connectivity index (χ1n) is 8.07. The molecule has 5 nitrogen and oxygen atoms in total. The van der Waals surface area contributed by atoms with Crippen LogP contribution in [-0.2, 0) is 19.3 Å². The molecule has 0 radical (unpaired) electrons. The number of allylic oxidation sites excluding steroid dienone is 2. The van der Waals surface area contributed by atoms with Gasteiger partial charge in [0.2, 0.25) is 5.95 Å². The number of nitrogens with two attached hydrogens (primary N) is 2. The van der Waals surface area contributed by atoms with E-state index in [-0.39, 0.29) is 5.95 Å². The summed E-state index contributed by atoms with van der Waals surface area (Å²) in [5.74, 6) is 0.748. The number of unbranched alkanes of at least 4 members (excludes halogenated alkanes) is 2. The lowest BCUT2D eigenvalue weighted by Crippen LogP contribution is -2.09. The molecule has 0 aromatic carbocycles. The Morgan fingerprint density at radius 1 is 0.957 bits per heavy atom. The van der Waals surface area contributed by atoms with Crippen molar-refractivity contribution in [3.8, 4) is 0 Å². The van der Waals surface area contributed by atoms with Crippen molar-refractivity contribution in [1.82, 2.24) is 15.0 Å². The second-order valence-corrected chi connectivity index (χ2v) is 5.62. The van der Waals surface area contributed by atoms with Crippen LogP contribution >= 0.6 is 0 Å². The Balaban J connectivity index is 2.69. The van der Waals surface area contributed by atoms with E-state index in [0.717, 1.165) is 35.0 Å². The summed E-state index contributed by atoms with van der Waals surface area (Å²) in [6.45, 7) is 9.86. The number of nitrogen functional groups attached to an aromatic ring is 2. The topological polar surface area (TPSA) is 90.7 Å². The van der Waals surface area contributed by atoms with Gasteiger partial charge in [0.25, 0.3) is 0 Å². The lowest BCUT2D eigenvalue weighted by molar-refractivity contribution is 0.715. The Hall–Kier alpha value is -2.43. The highest BCUT2D eigenvalue weighted by atomic mass is 15.0. The van der Waals surface area contributed by atoms with Crippen LogP contribution in [0.25, 0.3) is 11.0 Å². The fourth-order valence-electron chi connectivity index (χ4n) is 2.87. The van der Waals surface area contributed by atoms with E-state index < -0.39 is 0 Å². The van der Waals surface area contributed by atoms with E-state index in [1.807, 2.05) is 12.2 Å². The van der Waals surface area contributed by atoms with Crippen molar-refractivity contribution in [3.05, 3.63) is 42.1 Å². The molecule has 2 heterocycles. The third-order valence-electron chi connectivity index (χ3n) is 3.90. The molecular weight excluding hydrogens is 286 g/mol. The SMILES string of the molecule is C=CCc1nc(N)nc2nc(N)c(CCCCC)c(CC=C)c12. The molecule has 2 rings (SSSR count). The fraction of sp³-hybridized carbons (Fsp3) is 0.389. The van der Waals surface area contributed by atoms with Crippen molar-refractivity contribution in [2.45, 2.75) is 45.4 Å². The van der Waals surface area contributed by atoms with Gasteiger partial charge >= 0.3 is 0 Å². The van der Waals surface area contributed by atoms with Gasteiger partial charge < -0.3 is 11.5 Å². The molecule has 0 unspecified atom stereocenters. The Labute approximate surface area is 137 Å². The zero-order chi connectivity index (χ0) is 16.8. The monoisotopic (exact) mass is 311 g/mol. The van der Waals surface area contributed by atoms with E-state index in [1.54, 1.807) is 0 Å². The second kappa shape index (κ2) is 7.72. The Morgan fingerprint density at radius 2 is 1.70 bits per heavy atom. The summed E-state index contributed by atoms with van der Waals surface area (Å²) in [6, 6.07) is 0. The van der Waals surface area contributed by atoms with Gasteiger partial charge in [-0.2, -0.15) is 4.98 Å². The van der Waals surface area contributed by atoms with Gasteiger partial charge in [0.15, 0.2) is 5.65 Å². The minimum atomic E-state index is 0.213. The van der Waals surface area contributed by atoms with E-state index in [2.05, 4.69) is 35.0 Å².